The predicted molar refractivity (Wildman–Crippen MR) is 65.6 cm³/mol. The largest absolute Gasteiger partial charge is 0.390 e. The van der Waals surface area contributed by atoms with Crippen LogP contribution >= 0.6 is 11.8 Å². The van der Waals surface area contributed by atoms with Crippen molar-refractivity contribution in [2.45, 2.75) is 36.3 Å². The number of amides is 1. The lowest BCUT2D eigenvalue weighted by atomic mass is 10.2. The Morgan fingerprint density at radius 2 is 2.47 bits per heavy atom. The third-order valence-corrected chi connectivity index (χ3v) is 4.26. The van der Waals surface area contributed by atoms with E-state index in [1.54, 1.807) is 6.20 Å². The summed E-state index contributed by atoms with van der Waals surface area (Å²) in [5.41, 5.74) is 0.765. The van der Waals surface area contributed by atoms with Gasteiger partial charge in [0.15, 0.2) is 5.16 Å². The van der Waals surface area contributed by atoms with Crippen molar-refractivity contribution in [3.05, 3.63) is 11.9 Å². The van der Waals surface area contributed by atoms with E-state index < -0.39 is 0 Å². The Morgan fingerprint density at radius 3 is 3.18 bits per heavy atom. The molecule has 1 amide bonds. The molecule has 0 saturated carbocycles. The number of imidazole rings is 1. The van der Waals surface area contributed by atoms with Crippen LogP contribution in [0.3, 0.4) is 0 Å². The molecule has 2 rings (SSSR count). The first-order valence-corrected chi connectivity index (χ1v) is 6.66. The molecule has 5 nitrogen and oxygen atoms in total. The van der Waals surface area contributed by atoms with Gasteiger partial charge in [0, 0.05) is 13.6 Å². The van der Waals surface area contributed by atoms with E-state index in [0.29, 0.717) is 0 Å². The monoisotopic (exact) mass is 255 g/mol. The summed E-state index contributed by atoms with van der Waals surface area (Å²) in [5.74, 6) is 0.0982. The molecule has 1 aromatic rings. The fraction of sp³-hybridized carbons (Fsp3) is 0.636. The summed E-state index contributed by atoms with van der Waals surface area (Å²) in [5, 5.41) is 12.7. The summed E-state index contributed by atoms with van der Waals surface area (Å²) in [7, 11) is 1.86. The van der Waals surface area contributed by atoms with E-state index in [1.165, 1.54) is 11.8 Å². The molecule has 0 spiro atoms. The molecule has 1 atom stereocenters. The summed E-state index contributed by atoms with van der Waals surface area (Å²) >= 11 is 1.48. The number of nitrogens with one attached hydrogen (secondary N) is 1. The quantitative estimate of drug-likeness (QED) is 0.833. The number of aliphatic hydroxyl groups excluding tert-OH is 1. The van der Waals surface area contributed by atoms with Crippen LogP contribution in [0.1, 0.15) is 25.0 Å². The molecular weight excluding hydrogens is 238 g/mol. The van der Waals surface area contributed by atoms with Crippen LogP contribution < -0.4 is 5.32 Å². The molecule has 2 heterocycles. The Kier molecular flexibility index (Phi) is 4.06. The van der Waals surface area contributed by atoms with Crippen LogP contribution in [-0.2, 0) is 18.4 Å². The molecule has 94 valence electrons. The van der Waals surface area contributed by atoms with Gasteiger partial charge in [-0.2, -0.15) is 0 Å². The third-order valence-electron chi connectivity index (χ3n) is 2.94. The molecule has 0 aromatic carbocycles. The number of aliphatic hydroxyl groups is 1. The maximum atomic E-state index is 11.8. The normalized spacial score (nSPS) is 21.1. The Bertz CT molecular complexity index is 405. The fourth-order valence-electron chi connectivity index (χ4n) is 1.83. The predicted octanol–water partition coefficient (Wildman–Crippen LogP) is 0.673. The second kappa shape index (κ2) is 5.55. The van der Waals surface area contributed by atoms with Crippen LogP contribution in [0.15, 0.2) is 11.4 Å². The zero-order valence-electron chi connectivity index (χ0n) is 9.85. The SMILES string of the molecule is Cn1c(CO)cnc1SC1CCCCNC1=O. The van der Waals surface area contributed by atoms with E-state index in [2.05, 4.69) is 10.3 Å². The van der Waals surface area contributed by atoms with Crippen molar-refractivity contribution in [1.29, 1.82) is 0 Å². The lowest BCUT2D eigenvalue weighted by molar-refractivity contribution is -0.120. The van der Waals surface area contributed by atoms with Crippen molar-refractivity contribution >= 4 is 17.7 Å². The lowest BCUT2D eigenvalue weighted by Crippen LogP contribution is -2.30. The van der Waals surface area contributed by atoms with Crippen LogP contribution in [0, 0.1) is 0 Å². The lowest BCUT2D eigenvalue weighted by Gasteiger charge is -2.12. The van der Waals surface area contributed by atoms with Crippen LogP contribution in [0.4, 0.5) is 0 Å². The maximum absolute atomic E-state index is 11.8. The number of aromatic nitrogens is 2. The summed E-state index contributed by atoms with van der Waals surface area (Å²) in [4.78, 5) is 16.0. The number of carbonyl (C=O) groups excluding carboxylic acids is 1. The number of rotatable bonds is 3. The standard InChI is InChI=1S/C11H17N3O2S/c1-14-8(7-15)6-13-11(14)17-9-4-2-3-5-12-10(9)16/h6,9,15H,2-5,7H2,1H3,(H,12,16). The molecule has 1 saturated heterocycles. The van der Waals surface area contributed by atoms with E-state index in [9.17, 15) is 4.79 Å². The van der Waals surface area contributed by atoms with Crippen LogP contribution in [0.5, 0.6) is 0 Å². The van der Waals surface area contributed by atoms with Gasteiger partial charge in [0.1, 0.15) is 0 Å². The van der Waals surface area contributed by atoms with E-state index in [-0.39, 0.29) is 17.8 Å². The molecule has 17 heavy (non-hydrogen) atoms. The van der Waals surface area contributed by atoms with E-state index in [4.69, 9.17) is 5.11 Å². The number of hydrogen-bond donors (Lipinski definition) is 2. The number of thioether (sulfide) groups is 1. The molecule has 2 N–H and O–H groups in total. The Balaban J connectivity index is 2.08. The van der Waals surface area contributed by atoms with Crippen LogP contribution in [0.2, 0.25) is 0 Å². The molecule has 1 aliphatic rings. The number of hydrogen-bond acceptors (Lipinski definition) is 4. The Hall–Kier alpha value is -1.01. The topological polar surface area (TPSA) is 67.2 Å². The first kappa shape index (κ1) is 12.4. The first-order valence-electron chi connectivity index (χ1n) is 5.78. The van der Waals surface area contributed by atoms with Gasteiger partial charge in [0.2, 0.25) is 5.91 Å². The highest BCUT2D eigenvalue weighted by atomic mass is 32.2. The molecule has 1 aliphatic heterocycles. The number of nitrogens with zero attached hydrogens (tertiary/aromatic N) is 2. The van der Waals surface area contributed by atoms with Gasteiger partial charge in [0.25, 0.3) is 0 Å². The molecular formula is C11H17N3O2S. The average molecular weight is 255 g/mol. The minimum atomic E-state index is -0.0647. The van der Waals surface area contributed by atoms with E-state index in [0.717, 1.165) is 36.7 Å². The van der Waals surface area contributed by atoms with Gasteiger partial charge in [-0.05, 0) is 12.8 Å². The zero-order chi connectivity index (χ0) is 12.3. The van der Waals surface area contributed by atoms with Crippen molar-refractivity contribution in [1.82, 2.24) is 14.9 Å². The van der Waals surface area contributed by atoms with Gasteiger partial charge in [-0.25, -0.2) is 4.98 Å². The minimum Gasteiger partial charge on any atom is -0.390 e. The molecule has 0 bridgehead atoms. The van der Waals surface area contributed by atoms with Gasteiger partial charge in [0.05, 0.1) is 23.7 Å². The Morgan fingerprint density at radius 1 is 1.65 bits per heavy atom. The molecule has 6 heteroatoms. The highest BCUT2D eigenvalue weighted by molar-refractivity contribution is 8.00. The third kappa shape index (κ3) is 2.81. The highest BCUT2D eigenvalue weighted by Gasteiger charge is 2.23. The smallest absolute Gasteiger partial charge is 0.233 e. The summed E-state index contributed by atoms with van der Waals surface area (Å²) in [6.45, 7) is 0.749. The minimum absolute atomic E-state index is 0.0269. The van der Waals surface area contributed by atoms with Crippen molar-refractivity contribution < 1.29 is 9.90 Å². The highest BCUT2D eigenvalue weighted by Crippen LogP contribution is 2.27. The Labute approximate surface area is 105 Å². The summed E-state index contributed by atoms with van der Waals surface area (Å²) in [6, 6.07) is 0. The number of carbonyl (C=O) groups is 1. The molecule has 1 aromatic heterocycles. The summed E-state index contributed by atoms with van der Waals surface area (Å²) in [6.07, 6.45) is 4.65. The van der Waals surface area contributed by atoms with Crippen LogP contribution in [0.25, 0.3) is 0 Å². The van der Waals surface area contributed by atoms with Gasteiger partial charge >= 0.3 is 0 Å². The van der Waals surface area contributed by atoms with Crippen molar-refractivity contribution in [3.63, 3.8) is 0 Å². The maximum Gasteiger partial charge on any atom is 0.233 e. The van der Waals surface area contributed by atoms with Gasteiger partial charge in [-0.3, -0.25) is 4.79 Å². The molecule has 1 unspecified atom stereocenters. The fourth-order valence-corrected chi connectivity index (χ4v) is 2.95. The van der Waals surface area contributed by atoms with Gasteiger partial charge in [-0.15, -0.1) is 0 Å². The van der Waals surface area contributed by atoms with Gasteiger partial charge in [-0.1, -0.05) is 18.2 Å². The molecule has 0 radical (unpaired) electrons. The molecule has 1 fully saturated rings. The first-order chi connectivity index (χ1) is 8.22. The van der Waals surface area contributed by atoms with Crippen molar-refractivity contribution in [2.75, 3.05) is 6.54 Å². The second-order valence-electron chi connectivity index (χ2n) is 4.14. The second-order valence-corrected chi connectivity index (χ2v) is 5.31. The van der Waals surface area contributed by atoms with Crippen molar-refractivity contribution in [2.24, 2.45) is 7.05 Å². The van der Waals surface area contributed by atoms with Crippen LogP contribution in [-0.4, -0.2) is 32.4 Å². The zero-order valence-corrected chi connectivity index (χ0v) is 10.7. The molecule has 0 aliphatic carbocycles. The van der Waals surface area contributed by atoms with Crippen molar-refractivity contribution in [3.8, 4) is 0 Å². The van der Waals surface area contributed by atoms with Gasteiger partial charge < -0.3 is 15.0 Å². The van der Waals surface area contributed by atoms with E-state index in [1.807, 2.05) is 11.6 Å². The average Bonchev–Trinajstić information content (AvgIpc) is 2.54. The van der Waals surface area contributed by atoms with E-state index >= 15 is 0 Å². The summed E-state index contributed by atoms with van der Waals surface area (Å²) < 4.78 is 1.84.